The molecule has 2 rings (SSSR count). The molecule has 0 saturated carbocycles. The van der Waals surface area contributed by atoms with Gasteiger partial charge in [-0.15, -0.1) is 10.2 Å². The van der Waals surface area contributed by atoms with Gasteiger partial charge in [-0.3, -0.25) is 0 Å². The van der Waals surface area contributed by atoms with E-state index < -0.39 is 0 Å². The molecule has 2 aromatic rings. The number of rotatable bonds is 4. The summed E-state index contributed by atoms with van der Waals surface area (Å²) in [4.78, 5) is 0. The maximum atomic E-state index is 9.35. The molecule has 0 aliphatic rings. The molecular weight excluding hydrogens is 330 g/mol. The van der Waals surface area contributed by atoms with E-state index in [0.29, 0.717) is 22.6 Å². The first-order chi connectivity index (χ1) is 9.02. The maximum absolute atomic E-state index is 9.35. The SMILES string of the molecule is CC(C)Cn1c(CO)nnc1-c1cc(Cl)ccc1Br. The van der Waals surface area contributed by atoms with Crippen LogP contribution in [0.4, 0.5) is 0 Å². The number of halogens is 2. The van der Waals surface area contributed by atoms with Crippen LogP contribution in [0, 0.1) is 5.92 Å². The molecule has 0 bridgehead atoms. The van der Waals surface area contributed by atoms with Gasteiger partial charge in [0.1, 0.15) is 6.61 Å². The Hall–Kier alpha value is -0.910. The van der Waals surface area contributed by atoms with E-state index in [1.165, 1.54) is 0 Å². The quantitative estimate of drug-likeness (QED) is 0.923. The van der Waals surface area contributed by atoms with Crippen LogP contribution in [0.5, 0.6) is 0 Å². The predicted octanol–water partition coefficient (Wildman–Crippen LogP) is 3.51. The van der Waals surface area contributed by atoms with Gasteiger partial charge in [-0.25, -0.2) is 0 Å². The smallest absolute Gasteiger partial charge is 0.165 e. The molecule has 0 aliphatic heterocycles. The van der Waals surface area contributed by atoms with Crippen molar-refractivity contribution in [3.05, 3.63) is 33.5 Å². The molecule has 0 aliphatic carbocycles. The number of nitrogens with zero attached hydrogens (tertiary/aromatic N) is 3. The Balaban J connectivity index is 2.55. The number of hydrogen-bond acceptors (Lipinski definition) is 3. The minimum Gasteiger partial charge on any atom is -0.388 e. The second-order valence-electron chi connectivity index (χ2n) is 4.73. The molecule has 0 spiro atoms. The van der Waals surface area contributed by atoms with Crippen molar-refractivity contribution in [2.75, 3.05) is 0 Å². The lowest BCUT2D eigenvalue weighted by Crippen LogP contribution is -2.10. The van der Waals surface area contributed by atoms with Crippen LogP contribution in [0.15, 0.2) is 22.7 Å². The Morgan fingerprint density at radius 2 is 2.11 bits per heavy atom. The molecule has 19 heavy (non-hydrogen) atoms. The lowest BCUT2D eigenvalue weighted by Gasteiger charge is -2.12. The predicted molar refractivity (Wildman–Crippen MR) is 78.9 cm³/mol. The van der Waals surface area contributed by atoms with Gasteiger partial charge in [0.25, 0.3) is 0 Å². The second-order valence-corrected chi connectivity index (χ2v) is 6.02. The van der Waals surface area contributed by atoms with Crippen LogP contribution in [0.3, 0.4) is 0 Å². The second kappa shape index (κ2) is 6.03. The van der Waals surface area contributed by atoms with E-state index in [0.717, 1.165) is 16.6 Å². The number of hydrogen-bond donors (Lipinski definition) is 1. The van der Waals surface area contributed by atoms with Crippen molar-refractivity contribution in [3.63, 3.8) is 0 Å². The molecule has 1 heterocycles. The Morgan fingerprint density at radius 1 is 1.37 bits per heavy atom. The zero-order valence-corrected chi connectivity index (χ0v) is 13.1. The molecular formula is C13H15BrClN3O. The minimum absolute atomic E-state index is 0.127. The van der Waals surface area contributed by atoms with Crippen molar-refractivity contribution in [3.8, 4) is 11.4 Å². The van der Waals surface area contributed by atoms with E-state index >= 15 is 0 Å². The molecule has 1 aromatic heterocycles. The van der Waals surface area contributed by atoms with Gasteiger partial charge in [-0.1, -0.05) is 41.4 Å². The topological polar surface area (TPSA) is 50.9 Å². The molecule has 0 unspecified atom stereocenters. The van der Waals surface area contributed by atoms with Crippen molar-refractivity contribution in [1.29, 1.82) is 0 Å². The summed E-state index contributed by atoms with van der Waals surface area (Å²) in [6, 6.07) is 5.53. The monoisotopic (exact) mass is 343 g/mol. The number of aliphatic hydroxyl groups excluding tert-OH is 1. The summed E-state index contributed by atoms with van der Waals surface area (Å²) in [5.74, 6) is 1.71. The summed E-state index contributed by atoms with van der Waals surface area (Å²) in [5, 5.41) is 18.2. The van der Waals surface area contributed by atoms with Crippen molar-refractivity contribution >= 4 is 27.5 Å². The highest BCUT2D eigenvalue weighted by atomic mass is 79.9. The van der Waals surface area contributed by atoms with E-state index in [9.17, 15) is 5.11 Å². The van der Waals surface area contributed by atoms with Crippen LogP contribution in [-0.2, 0) is 13.2 Å². The van der Waals surface area contributed by atoms with Gasteiger partial charge >= 0.3 is 0 Å². The van der Waals surface area contributed by atoms with Crippen LogP contribution in [0.25, 0.3) is 11.4 Å². The Morgan fingerprint density at radius 3 is 2.74 bits per heavy atom. The first kappa shape index (κ1) is 14.5. The van der Waals surface area contributed by atoms with E-state index in [1.807, 2.05) is 22.8 Å². The lowest BCUT2D eigenvalue weighted by atomic mass is 10.2. The van der Waals surface area contributed by atoms with Crippen molar-refractivity contribution < 1.29 is 5.11 Å². The summed E-state index contributed by atoms with van der Waals surface area (Å²) in [5.41, 5.74) is 0.875. The van der Waals surface area contributed by atoms with Crippen molar-refractivity contribution in [1.82, 2.24) is 14.8 Å². The molecule has 102 valence electrons. The zero-order valence-electron chi connectivity index (χ0n) is 10.8. The summed E-state index contributed by atoms with van der Waals surface area (Å²) < 4.78 is 2.83. The molecule has 0 radical (unpaired) electrons. The molecule has 4 nitrogen and oxygen atoms in total. The molecule has 0 saturated heterocycles. The Labute approximate surface area is 125 Å². The number of benzene rings is 1. The fraction of sp³-hybridized carbons (Fsp3) is 0.385. The standard InChI is InChI=1S/C13H15BrClN3O/c1-8(2)6-18-12(7-19)16-17-13(18)10-5-9(15)3-4-11(10)14/h3-5,8,19H,6-7H2,1-2H3. The minimum atomic E-state index is -0.127. The Kier molecular flexibility index (Phi) is 4.60. The van der Waals surface area contributed by atoms with Crippen LogP contribution in [-0.4, -0.2) is 19.9 Å². The summed E-state index contributed by atoms with van der Waals surface area (Å²) >= 11 is 9.53. The van der Waals surface area contributed by atoms with Gasteiger partial charge in [0, 0.05) is 21.6 Å². The fourth-order valence-corrected chi connectivity index (χ4v) is 2.47. The maximum Gasteiger partial charge on any atom is 0.165 e. The van der Waals surface area contributed by atoms with Crippen LogP contribution in [0.1, 0.15) is 19.7 Å². The molecule has 0 fully saturated rings. The third-order valence-electron chi connectivity index (χ3n) is 2.69. The third-order valence-corrected chi connectivity index (χ3v) is 3.61. The van der Waals surface area contributed by atoms with Gasteiger partial charge in [0.05, 0.1) is 0 Å². The molecule has 1 N–H and O–H groups in total. The van der Waals surface area contributed by atoms with Crippen molar-refractivity contribution in [2.45, 2.75) is 27.0 Å². The van der Waals surface area contributed by atoms with E-state index in [-0.39, 0.29) is 6.61 Å². The normalized spacial score (nSPS) is 11.3. The van der Waals surface area contributed by atoms with Crippen LogP contribution < -0.4 is 0 Å². The molecule has 1 aromatic carbocycles. The third kappa shape index (κ3) is 3.16. The van der Waals surface area contributed by atoms with E-state index in [4.69, 9.17) is 11.6 Å². The Bertz CT molecular complexity index is 583. The van der Waals surface area contributed by atoms with Crippen molar-refractivity contribution in [2.24, 2.45) is 5.92 Å². The molecule has 0 amide bonds. The van der Waals surface area contributed by atoms with Gasteiger partial charge in [0.15, 0.2) is 11.6 Å². The first-order valence-electron chi connectivity index (χ1n) is 6.01. The average molecular weight is 345 g/mol. The highest BCUT2D eigenvalue weighted by Crippen LogP contribution is 2.30. The van der Waals surface area contributed by atoms with Gasteiger partial charge in [0.2, 0.25) is 0 Å². The van der Waals surface area contributed by atoms with Crippen LogP contribution >= 0.6 is 27.5 Å². The number of aliphatic hydroxyl groups is 1. The van der Waals surface area contributed by atoms with Gasteiger partial charge in [-0.2, -0.15) is 0 Å². The summed E-state index contributed by atoms with van der Waals surface area (Å²) in [6.07, 6.45) is 0. The lowest BCUT2D eigenvalue weighted by molar-refractivity contribution is 0.262. The summed E-state index contributed by atoms with van der Waals surface area (Å²) in [6.45, 7) is 4.84. The zero-order chi connectivity index (χ0) is 14.0. The molecule has 6 heteroatoms. The fourth-order valence-electron chi connectivity index (χ4n) is 1.88. The highest BCUT2D eigenvalue weighted by Gasteiger charge is 2.16. The largest absolute Gasteiger partial charge is 0.388 e. The van der Waals surface area contributed by atoms with E-state index in [1.54, 1.807) is 0 Å². The summed E-state index contributed by atoms with van der Waals surface area (Å²) in [7, 11) is 0. The van der Waals surface area contributed by atoms with Gasteiger partial charge in [-0.05, 0) is 24.1 Å². The number of aromatic nitrogens is 3. The molecule has 0 atom stereocenters. The van der Waals surface area contributed by atoms with Gasteiger partial charge < -0.3 is 9.67 Å². The first-order valence-corrected chi connectivity index (χ1v) is 7.18. The average Bonchev–Trinajstić information content (AvgIpc) is 2.74. The van der Waals surface area contributed by atoms with Crippen LogP contribution in [0.2, 0.25) is 5.02 Å². The van der Waals surface area contributed by atoms with E-state index in [2.05, 4.69) is 40.0 Å². The highest BCUT2D eigenvalue weighted by molar-refractivity contribution is 9.10.